The van der Waals surface area contributed by atoms with Crippen molar-refractivity contribution in [1.29, 1.82) is 0 Å². The van der Waals surface area contributed by atoms with E-state index in [1.165, 1.54) is 6.07 Å². The molecule has 88 valence electrons. The zero-order chi connectivity index (χ0) is 11.5. The van der Waals surface area contributed by atoms with Gasteiger partial charge in [0.25, 0.3) is 0 Å². The molecule has 0 aromatic heterocycles. The Morgan fingerprint density at radius 2 is 2.25 bits per heavy atom. The molecule has 1 N–H and O–H groups in total. The Bertz CT molecular complexity index is 361. The molecule has 4 heteroatoms. The Morgan fingerprint density at radius 3 is 2.94 bits per heavy atom. The van der Waals surface area contributed by atoms with E-state index < -0.39 is 18.0 Å². The van der Waals surface area contributed by atoms with E-state index >= 15 is 0 Å². The van der Waals surface area contributed by atoms with Gasteiger partial charge in [-0.3, -0.25) is 0 Å². The van der Waals surface area contributed by atoms with Crippen LogP contribution < -0.4 is 0 Å². The van der Waals surface area contributed by atoms with Crippen LogP contribution in [0.5, 0.6) is 0 Å². The molecule has 1 aliphatic heterocycles. The maximum Gasteiger partial charge on any atom is 0.129 e. The van der Waals surface area contributed by atoms with Crippen molar-refractivity contribution in [3.63, 3.8) is 0 Å². The van der Waals surface area contributed by atoms with Gasteiger partial charge >= 0.3 is 0 Å². The van der Waals surface area contributed by atoms with Crippen LogP contribution >= 0.6 is 0 Å². The molecule has 2 unspecified atom stereocenters. The molecule has 1 heterocycles. The number of aliphatic hydroxyl groups is 1. The van der Waals surface area contributed by atoms with Crippen LogP contribution in [0, 0.1) is 12.7 Å². The van der Waals surface area contributed by atoms with Gasteiger partial charge in [-0.2, -0.15) is 0 Å². The lowest BCUT2D eigenvalue weighted by atomic mass is 10.0. The maximum absolute atomic E-state index is 13.5. The van der Waals surface area contributed by atoms with Crippen LogP contribution in [-0.4, -0.2) is 31.0 Å². The van der Waals surface area contributed by atoms with Crippen LogP contribution in [0.4, 0.5) is 4.39 Å². The maximum atomic E-state index is 13.5. The molecule has 1 saturated heterocycles. The fraction of sp³-hybridized carbons (Fsp3) is 0.500. The molecule has 1 aromatic carbocycles. The molecular formula is C12H15FO3. The minimum Gasteiger partial charge on any atom is -0.385 e. The molecule has 3 nitrogen and oxygen atoms in total. The van der Waals surface area contributed by atoms with Crippen LogP contribution in [-0.2, 0) is 9.47 Å². The van der Waals surface area contributed by atoms with Gasteiger partial charge in [-0.15, -0.1) is 0 Å². The van der Waals surface area contributed by atoms with Gasteiger partial charge in [0, 0.05) is 5.56 Å². The van der Waals surface area contributed by atoms with Crippen molar-refractivity contribution in [3.05, 3.63) is 35.1 Å². The monoisotopic (exact) mass is 226 g/mol. The van der Waals surface area contributed by atoms with Gasteiger partial charge in [0.1, 0.15) is 18.0 Å². The number of aliphatic hydroxyl groups excluding tert-OH is 1. The normalized spacial score (nSPS) is 23.1. The van der Waals surface area contributed by atoms with Gasteiger partial charge in [-0.1, -0.05) is 17.7 Å². The molecule has 0 aliphatic carbocycles. The smallest absolute Gasteiger partial charge is 0.129 e. The van der Waals surface area contributed by atoms with Crippen LogP contribution in [0.1, 0.15) is 17.2 Å². The summed E-state index contributed by atoms with van der Waals surface area (Å²) in [7, 11) is 0. The Kier molecular flexibility index (Phi) is 3.53. The first-order valence-corrected chi connectivity index (χ1v) is 5.32. The molecule has 0 amide bonds. The van der Waals surface area contributed by atoms with E-state index in [1.54, 1.807) is 12.1 Å². The summed E-state index contributed by atoms with van der Waals surface area (Å²) in [5.74, 6) is -0.410. The van der Waals surface area contributed by atoms with Gasteiger partial charge in [-0.25, -0.2) is 4.39 Å². The van der Waals surface area contributed by atoms with E-state index in [4.69, 9.17) is 9.47 Å². The lowest BCUT2D eigenvalue weighted by molar-refractivity contribution is -0.134. The van der Waals surface area contributed by atoms with Crippen LogP contribution in [0.2, 0.25) is 0 Å². The van der Waals surface area contributed by atoms with E-state index in [2.05, 4.69) is 0 Å². The van der Waals surface area contributed by atoms with Crippen LogP contribution in [0.25, 0.3) is 0 Å². The second-order valence-corrected chi connectivity index (χ2v) is 3.95. The summed E-state index contributed by atoms with van der Waals surface area (Å²) in [5.41, 5.74) is 1.18. The highest BCUT2D eigenvalue weighted by Gasteiger charge is 2.26. The second kappa shape index (κ2) is 4.91. The number of rotatable bonds is 2. The summed E-state index contributed by atoms with van der Waals surface area (Å²) < 4.78 is 24.1. The first-order chi connectivity index (χ1) is 7.68. The molecule has 1 aromatic rings. The third-order valence-electron chi connectivity index (χ3n) is 2.66. The summed E-state index contributed by atoms with van der Waals surface area (Å²) in [6.07, 6.45) is -1.45. The topological polar surface area (TPSA) is 38.7 Å². The van der Waals surface area contributed by atoms with Gasteiger partial charge in [0.15, 0.2) is 0 Å². The predicted octanol–water partition coefficient (Wildman–Crippen LogP) is 1.58. The number of ether oxygens (including phenoxy) is 2. The molecule has 0 radical (unpaired) electrons. The Morgan fingerprint density at radius 1 is 1.44 bits per heavy atom. The molecule has 0 saturated carbocycles. The summed E-state index contributed by atoms with van der Waals surface area (Å²) in [6.45, 7) is 3.12. The lowest BCUT2D eigenvalue weighted by Crippen LogP contribution is -2.34. The number of hydrogen-bond donors (Lipinski definition) is 1. The fourth-order valence-corrected chi connectivity index (χ4v) is 1.78. The highest BCUT2D eigenvalue weighted by Crippen LogP contribution is 2.24. The zero-order valence-corrected chi connectivity index (χ0v) is 9.15. The first kappa shape index (κ1) is 11.5. The molecule has 1 fully saturated rings. The highest BCUT2D eigenvalue weighted by molar-refractivity contribution is 5.26. The zero-order valence-electron chi connectivity index (χ0n) is 9.15. The summed E-state index contributed by atoms with van der Waals surface area (Å²) in [5, 5.41) is 10.0. The van der Waals surface area contributed by atoms with E-state index in [0.29, 0.717) is 19.8 Å². The van der Waals surface area contributed by atoms with Gasteiger partial charge in [-0.05, 0) is 13.0 Å². The number of halogens is 1. The van der Waals surface area contributed by atoms with E-state index in [0.717, 1.165) is 5.56 Å². The van der Waals surface area contributed by atoms with Crippen LogP contribution in [0.3, 0.4) is 0 Å². The molecule has 1 aliphatic rings. The van der Waals surface area contributed by atoms with Gasteiger partial charge in [0.05, 0.1) is 19.8 Å². The summed E-state index contributed by atoms with van der Waals surface area (Å²) >= 11 is 0. The Balaban J connectivity index is 2.18. The predicted molar refractivity (Wildman–Crippen MR) is 56.7 cm³/mol. The van der Waals surface area contributed by atoms with Crippen molar-refractivity contribution in [2.45, 2.75) is 19.1 Å². The second-order valence-electron chi connectivity index (χ2n) is 3.95. The lowest BCUT2D eigenvalue weighted by Gasteiger charge is -2.27. The molecule has 0 spiro atoms. The first-order valence-electron chi connectivity index (χ1n) is 5.32. The molecule has 2 rings (SSSR count). The minimum absolute atomic E-state index is 0.274. The van der Waals surface area contributed by atoms with Crippen molar-refractivity contribution in [1.82, 2.24) is 0 Å². The number of benzene rings is 1. The fourth-order valence-electron chi connectivity index (χ4n) is 1.78. The average Bonchev–Trinajstić information content (AvgIpc) is 2.32. The molecule has 2 atom stereocenters. The minimum atomic E-state index is -0.972. The Labute approximate surface area is 93.8 Å². The molecule has 16 heavy (non-hydrogen) atoms. The summed E-state index contributed by atoms with van der Waals surface area (Å²) in [4.78, 5) is 0. The highest BCUT2D eigenvalue weighted by atomic mass is 19.1. The van der Waals surface area contributed by atoms with Crippen molar-refractivity contribution in [2.75, 3.05) is 19.8 Å². The van der Waals surface area contributed by atoms with Crippen molar-refractivity contribution in [2.24, 2.45) is 0 Å². The van der Waals surface area contributed by atoms with Crippen molar-refractivity contribution in [3.8, 4) is 0 Å². The quantitative estimate of drug-likeness (QED) is 0.832. The standard InChI is InChI=1S/C12H15FO3/c1-8-2-3-10(13)9(6-8)12(14)11-7-15-4-5-16-11/h2-3,6,11-12,14H,4-5,7H2,1H3. The SMILES string of the molecule is Cc1ccc(F)c(C(O)C2COCCO2)c1. The Hall–Kier alpha value is -0.970. The van der Waals surface area contributed by atoms with Gasteiger partial charge in [0.2, 0.25) is 0 Å². The van der Waals surface area contributed by atoms with Gasteiger partial charge < -0.3 is 14.6 Å². The average molecular weight is 226 g/mol. The third kappa shape index (κ3) is 2.40. The molecule has 0 bridgehead atoms. The van der Waals surface area contributed by atoms with Crippen molar-refractivity contribution < 1.29 is 19.0 Å². The van der Waals surface area contributed by atoms with E-state index in [1.807, 2.05) is 6.92 Å². The van der Waals surface area contributed by atoms with E-state index in [-0.39, 0.29) is 5.56 Å². The van der Waals surface area contributed by atoms with E-state index in [9.17, 15) is 9.50 Å². The molecular weight excluding hydrogens is 211 g/mol. The van der Waals surface area contributed by atoms with Crippen LogP contribution in [0.15, 0.2) is 18.2 Å². The third-order valence-corrected chi connectivity index (χ3v) is 2.66. The number of aryl methyl sites for hydroxylation is 1. The number of hydrogen-bond acceptors (Lipinski definition) is 3. The summed E-state index contributed by atoms with van der Waals surface area (Å²) in [6, 6.07) is 4.67. The van der Waals surface area contributed by atoms with Crippen molar-refractivity contribution >= 4 is 0 Å². The largest absolute Gasteiger partial charge is 0.385 e.